The topological polar surface area (TPSA) is 45.1 Å². The fraction of sp³-hybridized carbons (Fsp3) is 0.188. The van der Waals surface area contributed by atoms with Gasteiger partial charge in [-0.25, -0.2) is 4.98 Å². The van der Waals surface area contributed by atoms with Gasteiger partial charge in [0.1, 0.15) is 5.82 Å². The molecule has 2 N–H and O–H groups in total. The predicted octanol–water partition coefficient (Wildman–Crippen LogP) is 3.10. The second kappa shape index (κ2) is 4.86. The zero-order valence-electron chi connectivity index (χ0n) is 10.9. The van der Waals surface area contributed by atoms with E-state index in [1.807, 2.05) is 18.2 Å². The van der Waals surface area contributed by atoms with Crippen LogP contribution in [0.3, 0.4) is 0 Å². The van der Waals surface area contributed by atoms with Crippen LogP contribution in [0.1, 0.15) is 5.56 Å². The summed E-state index contributed by atoms with van der Waals surface area (Å²) in [6, 6.07) is 14.5. The number of pyridine rings is 1. The zero-order chi connectivity index (χ0) is 13.2. The maximum Gasteiger partial charge on any atom is 0.127 e. The lowest BCUT2D eigenvalue weighted by Gasteiger charge is -2.10. The van der Waals surface area contributed by atoms with Crippen LogP contribution in [-0.4, -0.2) is 23.2 Å². The first-order valence-corrected chi connectivity index (χ1v) is 6.43. The first-order chi connectivity index (χ1) is 9.29. The Hall–Kier alpha value is -2.13. The third-order valence-corrected chi connectivity index (χ3v) is 3.33. The van der Waals surface area contributed by atoms with Crippen LogP contribution >= 0.6 is 0 Å². The molecule has 1 heterocycles. The van der Waals surface area contributed by atoms with Gasteiger partial charge >= 0.3 is 0 Å². The highest BCUT2D eigenvalue weighted by atomic mass is 16.3. The van der Waals surface area contributed by atoms with Crippen molar-refractivity contribution in [2.75, 3.05) is 18.5 Å². The number of aliphatic hydroxyl groups excluding tert-OH is 1. The zero-order valence-corrected chi connectivity index (χ0v) is 10.9. The number of hydrogen-bond donors (Lipinski definition) is 2. The molecule has 0 atom stereocenters. The van der Waals surface area contributed by atoms with Crippen molar-refractivity contribution in [3.63, 3.8) is 0 Å². The second-order valence-electron chi connectivity index (χ2n) is 4.66. The number of benzene rings is 2. The average Bonchev–Trinajstić information content (AvgIpc) is 2.45. The number of hydrogen-bond acceptors (Lipinski definition) is 3. The van der Waals surface area contributed by atoms with Gasteiger partial charge in [0.15, 0.2) is 0 Å². The van der Waals surface area contributed by atoms with E-state index < -0.39 is 0 Å². The number of rotatable bonds is 3. The maximum absolute atomic E-state index is 8.89. The molecule has 0 aliphatic carbocycles. The molecule has 3 nitrogen and oxygen atoms in total. The molecule has 19 heavy (non-hydrogen) atoms. The van der Waals surface area contributed by atoms with Gasteiger partial charge in [0.05, 0.1) is 12.1 Å². The Balaban J connectivity index is 2.27. The summed E-state index contributed by atoms with van der Waals surface area (Å²) in [5, 5.41) is 15.6. The summed E-state index contributed by atoms with van der Waals surface area (Å²) in [6.45, 7) is 2.71. The van der Waals surface area contributed by atoms with Crippen LogP contribution in [0.25, 0.3) is 21.7 Å². The Morgan fingerprint density at radius 2 is 1.95 bits per heavy atom. The van der Waals surface area contributed by atoms with E-state index in [1.165, 1.54) is 16.3 Å². The van der Waals surface area contributed by atoms with E-state index in [0.717, 1.165) is 16.7 Å². The fourth-order valence-corrected chi connectivity index (χ4v) is 2.40. The standard InChI is InChI=1S/C16H16N2O/c1-11-10-15(17-8-9-19)18-16-13(11)7-6-12-4-2-3-5-14(12)16/h2-7,10,19H,8-9H2,1H3,(H,17,18). The molecule has 3 heteroatoms. The van der Waals surface area contributed by atoms with Crippen LogP contribution in [-0.2, 0) is 0 Å². The van der Waals surface area contributed by atoms with Crippen LogP contribution < -0.4 is 5.32 Å². The average molecular weight is 252 g/mol. The summed E-state index contributed by atoms with van der Waals surface area (Å²) in [6.07, 6.45) is 0. The van der Waals surface area contributed by atoms with Gasteiger partial charge in [-0.05, 0) is 23.9 Å². The van der Waals surface area contributed by atoms with Crippen LogP contribution in [0.4, 0.5) is 5.82 Å². The molecule has 0 spiro atoms. The van der Waals surface area contributed by atoms with Gasteiger partial charge in [0, 0.05) is 17.3 Å². The van der Waals surface area contributed by atoms with Gasteiger partial charge in [0.25, 0.3) is 0 Å². The molecule has 0 saturated carbocycles. The maximum atomic E-state index is 8.89. The third kappa shape index (κ3) is 2.13. The molecule has 0 amide bonds. The van der Waals surface area contributed by atoms with Gasteiger partial charge < -0.3 is 10.4 Å². The fourth-order valence-electron chi connectivity index (χ4n) is 2.40. The minimum Gasteiger partial charge on any atom is -0.395 e. The summed E-state index contributed by atoms with van der Waals surface area (Å²) >= 11 is 0. The molecular weight excluding hydrogens is 236 g/mol. The van der Waals surface area contributed by atoms with Crippen molar-refractivity contribution in [2.24, 2.45) is 0 Å². The highest BCUT2D eigenvalue weighted by Crippen LogP contribution is 2.27. The molecule has 96 valence electrons. The van der Waals surface area contributed by atoms with E-state index in [0.29, 0.717) is 6.54 Å². The normalized spacial score (nSPS) is 11.1. The van der Waals surface area contributed by atoms with Gasteiger partial charge in [-0.3, -0.25) is 0 Å². The van der Waals surface area contributed by atoms with Crippen molar-refractivity contribution in [3.8, 4) is 0 Å². The quantitative estimate of drug-likeness (QED) is 0.704. The minimum absolute atomic E-state index is 0.105. The van der Waals surface area contributed by atoms with Crippen LogP contribution in [0.5, 0.6) is 0 Å². The molecule has 0 bridgehead atoms. The number of nitrogens with one attached hydrogen (secondary N) is 1. The van der Waals surface area contributed by atoms with Crippen LogP contribution in [0.2, 0.25) is 0 Å². The Morgan fingerprint density at radius 3 is 2.79 bits per heavy atom. The van der Waals surface area contributed by atoms with Gasteiger partial charge in [-0.15, -0.1) is 0 Å². The van der Waals surface area contributed by atoms with E-state index in [-0.39, 0.29) is 6.61 Å². The largest absolute Gasteiger partial charge is 0.395 e. The number of aliphatic hydroxyl groups is 1. The molecule has 3 rings (SSSR count). The molecule has 0 aliphatic rings. The summed E-state index contributed by atoms with van der Waals surface area (Å²) in [5.74, 6) is 0.815. The van der Waals surface area contributed by atoms with E-state index in [1.54, 1.807) is 0 Å². The summed E-state index contributed by atoms with van der Waals surface area (Å²) in [5.41, 5.74) is 2.20. The van der Waals surface area contributed by atoms with Crippen molar-refractivity contribution in [2.45, 2.75) is 6.92 Å². The van der Waals surface area contributed by atoms with Crippen molar-refractivity contribution in [3.05, 3.63) is 48.0 Å². The van der Waals surface area contributed by atoms with E-state index in [9.17, 15) is 0 Å². The Labute approximate surface area is 111 Å². The molecule has 0 unspecified atom stereocenters. The van der Waals surface area contributed by atoms with Gasteiger partial charge in [-0.1, -0.05) is 36.4 Å². The summed E-state index contributed by atoms with van der Waals surface area (Å²) < 4.78 is 0. The molecule has 0 saturated heterocycles. The lowest BCUT2D eigenvalue weighted by molar-refractivity contribution is 0.311. The number of aryl methyl sites for hydroxylation is 1. The lowest BCUT2D eigenvalue weighted by Crippen LogP contribution is -2.07. The third-order valence-electron chi connectivity index (χ3n) is 3.33. The number of fused-ring (bicyclic) bond motifs is 3. The second-order valence-corrected chi connectivity index (χ2v) is 4.66. The Bertz CT molecular complexity index is 737. The Kier molecular flexibility index (Phi) is 3.05. The van der Waals surface area contributed by atoms with E-state index in [4.69, 9.17) is 5.11 Å². The molecule has 1 aromatic heterocycles. The first-order valence-electron chi connectivity index (χ1n) is 6.43. The lowest BCUT2D eigenvalue weighted by atomic mass is 10.0. The first kappa shape index (κ1) is 11.9. The summed E-state index contributed by atoms with van der Waals surface area (Å²) in [4.78, 5) is 4.68. The molecule has 0 radical (unpaired) electrons. The van der Waals surface area contributed by atoms with Gasteiger partial charge in [-0.2, -0.15) is 0 Å². The molecule has 3 aromatic rings. The highest BCUT2D eigenvalue weighted by Gasteiger charge is 2.06. The monoisotopic (exact) mass is 252 g/mol. The molecule has 0 fully saturated rings. The van der Waals surface area contributed by atoms with Crippen molar-refractivity contribution >= 4 is 27.5 Å². The highest BCUT2D eigenvalue weighted by molar-refractivity contribution is 6.06. The van der Waals surface area contributed by atoms with Crippen molar-refractivity contribution in [1.82, 2.24) is 4.98 Å². The number of nitrogens with zero attached hydrogens (tertiary/aromatic N) is 1. The van der Waals surface area contributed by atoms with Crippen molar-refractivity contribution in [1.29, 1.82) is 0 Å². The molecule has 2 aromatic carbocycles. The Morgan fingerprint density at radius 1 is 1.11 bits per heavy atom. The van der Waals surface area contributed by atoms with E-state index >= 15 is 0 Å². The number of aromatic nitrogens is 1. The van der Waals surface area contributed by atoms with Crippen molar-refractivity contribution < 1.29 is 5.11 Å². The molecular formula is C16H16N2O. The minimum atomic E-state index is 0.105. The van der Waals surface area contributed by atoms with E-state index in [2.05, 4.69) is 41.5 Å². The molecule has 0 aliphatic heterocycles. The summed E-state index contributed by atoms with van der Waals surface area (Å²) in [7, 11) is 0. The number of anilines is 1. The smallest absolute Gasteiger partial charge is 0.127 e. The van der Waals surface area contributed by atoms with Gasteiger partial charge in [0.2, 0.25) is 0 Å². The SMILES string of the molecule is Cc1cc(NCCO)nc2c1ccc1ccccc12. The van der Waals surface area contributed by atoms with Crippen LogP contribution in [0, 0.1) is 6.92 Å². The predicted molar refractivity (Wildman–Crippen MR) is 79.6 cm³/mol. The van der Waals surface area contributed by atoms with Crippen LogP contribution in [0.15, 0.2) is 42.5 Å².